The fourth-order valence-corrected chi connectivity index (χ4v) is 3.05. The molecule has 2 N–H and O–H groups in total. The molecule has 1 aromatic carbocycles. The van der Waals surface area contributed by atoms with Crippen LogP contribution < -0.4 is 5.32 Å². The summed E-state index contributed by atoms with van der Waals surface area (Å²) in [5.41, 5.74) is 4.53. The predicted octanol–water partition coefficient (Wildman–Crippen LogP) is 2.01. The normalized spacial score (nSPS) is 18.4. The molecule has 0 radical (unpaired) electrons. The number of hydrogen-bond donors (Lipinski definition) is 2. The lowest BCUT2D eigenvalue weighted by Crippen LogP contribution is -2.52. The SMILES string of the molecule is CNC(CO)(Cn1cnc2cc(C)c(C)cc21)C1CC1. The van der Waals surface area contributed by atoms with E-state index >= 15 is 0 Å². The van der Waals surface area contributed by atoms with E-state index in [-0.39, 0.29) is 12.1 Å². The van der Waals surface area contributed by atoms with E-state index in [0.29, 0.717) is 5.92 Å². The van der Waals surface area contributed by atoms with Gasteiger partial charge in [-0.1, -0.05) is 0 Å². The van der Waals surface area contributed by atoms with Crippen LogP contribution in [0.5, 0.6) is 0 Å². The Morgan fingerprint density at radius 2 is 2.05 bits per heavy atom. The summed E-state index contributed by atoms with van der Waals surface area (Å²) in [6, 6.07) is 4.33. The minimum atomic E-state index is -0.216. The predicted molar refractivity (Wildman–Crippen MR) is 80.8 cm³/mol. The zero-order valence-corrected chi connectivity index (χ0v) is 12.5. The van der Waals surface area contributed by atoms with Gasteiger partial charge in [0.1, 0.15) is 0 Å². The van der Waals surface area contributed by atoms with Crippen molar-refractivity contribution in [1.29, 1.82) is 0 Å². The van der Waals surface area contributed by atoms with Gasteiger partial charge < -0.3 is 15.0 Å². The van der Waals surface area contributed by atoms with Crippen LogP contribution >= 0.6 is 0 Å². The summed E-state index contributed by atoms with van der Waals surface area (Å²) in [5, 5.41) is 13.2. The maximum Gasteiger partial charge on any atom is 0.0958 e. The Labute approximate surface area is 119 Å². The molecule has 4 nitrogen and oxygen atoms in total. The lowest BCUT2D eigenvalue weighted by atomic mass is 9.94. The number of likely N-dealkylation sites (N-methyl/N-ethyl adjacent to an activating group) is 1. The van der Waals surface area contributed by atoms with Crippen molar-refractivity contribution in [2.75, 3.05) is 13.7 Å². The minimum absolute atomic E-state index is 0.165. The third kappa shape index (κ3) is 2.13. The molecule has 20 heavy (non-hydrogen) atoms. The standard InChI is InChI=1S/C16H23N3O/c1-11-6-14-15(7-12(11)2)19(10-18-14)8-16(9-20,17-3)13-4-5-13/h6-7,10,13,17,20H,4-5,8-9H2,1-3H3. The maximum atomic E-state index is 9.86. The first-order valence-electron chi connectivity index (χ1n) is 7.31. The second kappa shape index (κ2) is 4.86. The van der Waals surface area contributed by atoms with Crippen LogP contribution in [0.15, 0.2) is 18.5 Å². The molecule has 0 spiro atoms. The van der Waals surface area contributed by atoms with Gasteiger partial charge in [-0.2, -0.15) is 0 Å². The average Bonchev–Trinajstić information content (AvgIpc) is 3.23. The molecule has 1 atom stereocenters. The van der Waals surface area contributed by atoms with Gasteiger partial charge in [-0.15, -0.1) is 0 Å². The largest absolute Gasteiger partial charge is 0.394 e. The molecule has 2 aromatic rings. The fraction of sp³-hybridized carbons (Fsp3) is 0.562. The molecule has 1 aromatic heterocycles. The number of nitrogens with zero attached hydrogens (tertiary/aromatic N) is 2. The molecule has 0 amide bonds. The Kier molecular flexibility index (Phi) is 3.30. The first kappa shape index (κ1) is 13.6. The molecule has 1 fully saturated rings. The monoisotopic (exact) mass is 273 g/mol. The summed E-state index contributed by atoms with van der Waals surface area (Å²) in [4.78, 5) is 4.51. The number of aliphatic hydroxyl groups excluding tert-OH is 1. The highest BCUT2D eigenvalue weighted by Gasteiger charge is 2.44. The fourth-order valence-electron chi connectivity index (χ4n) is 3.05. The molecule has 0 saturated heterocycles. The van der Waals surface area contributed by atoms with Crippen molar-refractivity contribution < 1.29 is 5.11 Å². The van der Waals surface area contributed by atoms with E-state index in [1.165, 1.54) is 24.0 Å². The van der Waals surface area contributed by atoms with Crippen molar-refractivity contribution in [3.05, 3.63) is 29.6 Å². The van der Waals surface area contributed by atoms with E-state index in [2.05, 4.69) is 40.8 Å². The topological polar surface area (TPSA) is 50.1 Å². The van der Waals surface area contributed by atoms with Gasteiger partial charge in [0.2, 0.25) is 0 Å². The molecule has 4 heteroatoms. The quantitative estimate of drug-likeness (QED) is 0.876. The molecular formula is C16H23N3O. The van der Waals surface area contributed by atoms with Gasteiger partial charge in [-0.3, -0.25) is 0 Å². The summed E-state index contributed by atoms with van der Waals surface area (Å²) < 4.78 is 2.17. The highest BCUT2D eigenvalue weighted by atomic mass is 16.3. The van der Waals surface area contributed by atoms with E-state index in [0.717, 1.165) is 17.6 Å². The number of fused-ring (bicyclic) bond motifs is 1. The second-order valence-corrected chi connectivity index (χ2v) is 6.14. The number of hydrogen-bond acceptors (Lipinski definition) is 3. The van der Waals surface area contributed by atoms with Crippen LogP contribution in [0.2, 0.25) is 0 Å². The molecule has 0 bridgehead atoms. The Hall–Kier alpha value is -1.39. The van der Waals surface area contributed by atoms with E-state index in [1.54, 1.807) is 0 Å². The molecule has 1 aliphatic rings. The van der Waals surface area contributed by atoms with Crippen molar-refractivity contribution in [2.24, 2.45) is 5.92 Å². The van der Waals surface area contributed by atoms with Gasteiger partial charge in [0.15, 0.2) is 0 Å². The zero-order chi connectivity index (χ0) is 14.3. The third-order valence-electron chi connectivity index (χ3n) is 4.83. The van der Waals surface area contributed by atoms with Crippen LogP contribution in [0.3, 0.4) is 0 Å². The molecule has 1 saturated carbocycles. The number of benzene rings is 1. The van der Waals surface area contributed by atoms with Gasteiger partial charge in [0.25, 0.3) is 0 Å². The van der Waals surface area contributed by atoms with E-state index in [1.807, 2.05) is 13.4 Å². The number of imidazole rings is 1. The summed E-state index contributed by atoms with van der Waals surface area (Å²) in [5.74, 6) is 0.571. The minimum Gasteiger partial charge on any atom is -0.394 e. The van der Waals surface area contributed by atoms with Crippen molar-refractivity contribution in [3.63, 3.8) is 0 Å². The van der Waals surface area contributed by atoms with Gasteiger partial charge in [-0.25, -0.2) is 4.98 Å². The number of aliphatic hydroxyl groups is 1. The summed E-state index contributed by atoms with van der Waals surface area (Å²) in [6.45, 7) is 5.18. The van der Waals surface area contributed by atoms with Gasteiger partial charge in [0.05, 0.1) is 29.5 Å². The second-order valence-electron chi connectivity index (χ2n) is 6.14. The molecular weight excluding hydrogens is 250 g/mol. The Morgan fingerprint density at radius 1 is 1.35 bits per heavy atom. The van der Waals surface area contributed by atoms with E-state index in [9.17, 15) is 5.11 Å². The van der Waals surface area contributed by atoms with Crippen molar-refractivity contribution in [1.82, 2.24) is 14.9 Å². The van der Waals surface area contributed by atoms with E-state index < -0.39 is 0 Å². The lowest BCUT2D eigenvalue weighted by molar-refractivity contribution is 0.131. The van der Waals surface area contributed by atoms with Crippen LogP contribution in [0.1, 0.15) is 24.0 Å². The van der Waals surface area contributed by atoms with Crippen LogP contribution in [0, 0.1) is 19.8 Å². The number of rotatable bonds is 5. The third-order valence-corrected chi connectivity index (χ3v) is 4.83. The Morgan fingerprint density at radius 3 is 2.65 bits per heavy atom. The van der Waals surface area contributed by atoms with Crippen LogP contribution in [-0.4, -0.2) is 33.9 Å². The molecule has 108 valence electrons. The number of aryl methyl sites for hydroxylation is 2. The number of aromatic nitrogens is 2. The average molecular weight is 273 g/mol. The van der Waals surface area contributed by atoms with Crippen molar-refractivity contribution in [2.45, 2.75) is 38.8 Å². The Balaban J connectivity index is 2.00. The molecule has 3 rings (SSSR count). The first-order chi connectivity index (χ1) is 9.59. The summed E-state index contributed by atoms with van der Waals surface area (Å²) >= 11 is 0. The zero-order valence-electron chi connectivity index (χ0n) is 12.5. The van der Waals surface area contributed by atoms with Crippen molar-refractivity contribution >= 4 is 11.0 Å². The maximum absolute atomic E-state index is 9.86. The molecule has 1 unspecified atom stereocenters. The highest BCUT2D eigenvalue weighted by Crippen LogP contribution is 2.40. The molecule has 1 aliphatic carbocycles. The first-order valence-corrected chi connectivity index (χ1v) is 7.31. The Bertz CT molecular complexity index is 624. The summed E-state index contributed by atoms with van der Waals surface area (Å²) in [6.07, 6.45) is 4.30. The van der Waals surface area contributed by atoms with Crippen LogP contribution in [-0.2, 0) is 6.54 Å². The van der Waals surface area contributed by atoms with Crippen molar-refractivity contribution in [3.8, 4) is 0 Å². The van der Waals surface area contributed by atoms with E-state index in [4.69, 9.17) is 0 Å². The smallest absolute Gasteiger partial charge is 0.0958 e. The van der Waals surface area contributed by atoms with Gasteiger partial charge >= 0.3 is 0 Å². The number of nitrogens with one attached hydrogen (secondary N) is 1. The summed E-state index contributed by atoms with van der Waals surface area (Å²) in [7, 11) is 1.95. The van der Waals surface area contributed by atoms with Crippen LogP contribution in [0.25, 0.3) is 11.0 Å². The highest BCUT2D eigenvalue weighted by molar-refractivity contribution is 5.77. The molecule has 1 heterocycles. The van der Waals surface area contributed by atoms with Gasteiger partial charge in [0, 0.05) is 6.54 Å². The molecule has 0 aliphatic heterocycles. The lowest BCUT2D eigenvalue weighted by Gasteiger charge is -2.32. The van der Waals surface area contributed by atoms with Crippen LogP contribution in [0.4, 0.5) is 0 Å². The van der Waals surface area contributed by atoms with Gasteiger partial charge in [-0.05, 0) is 62.9 Å².